The Balaban J connectivity index is 1.55. The topological polar surface area (TPSA) is 26.7 Å². The summed E-state index contributed by atoms with van der Waals surface area (Å²) in [4.78, 5) is 5.32. The van der Waals surface area contributed by atoms with Crippen LogP contribution in [0.15, 0.2) is 60.3 Å². The molecule has 35 heavy (non-hydrogen) atoms. The van der Waals surface area contributed by atoms with Crippen molar-refractivity contribution in [2.45, 2.75) is 83.2 Å². The lowest BCUT2D eigenvalue weighted by Crippen LogP contribution is -2.47. The van der Waals surface area contributed by atoms with Crippen LogP contribution in [0.2, 0.25) is 0 Å². The molecule has 1 fully saturated rings. The first-order valence-corrected chi connectivity index (χ1v) is 14.8. The van der Waals surface area contributed by atoms with Crippen molar-refractivity contribution in [3.63, 3.8) is 0 Å². The second-order valence-corrected chi connectivity index (χ2v) is 11.5. The Labute approximate surface area is 215 Å². The van der Waals surface area contributed by atoms with E-state index in [9.17, 15) is 5.11 Å². The maximum atomic E-state index is 10.8. The van der Waals surface area contributed by atoms with Gasteiger partial charge in [-0.3, -0.25) is 4.90 Å². The highest BCUT2D eigenvalue weighted by molar-refractivity contribution is 5.14. The monoisotopic (exact) mass is 478 g/mol. The van der Waals surface area contributed by atoms with Crippen LogP contribution in [0.4, 0.5) is 0 Å². The van der Waals surface area contributed by atoms with E-state index in [0.717, 1.165) is 37.9 Å². The number of nitrogens with zero attached hydrogens (tertiary/aromatic N) is 2. The minimum absolute atomic E-state index is 0.382. The van der Waals surface area contributed by atoms with E-state index >= 15 is 0 Å². The lowest BCUT2D eigenvalue weighted by molar-refractivity contribution is 0.0629. The van der Waals surface area contributed by atoms with Crippen molar-refractivity contribution in [2.75, 3.05) is 39.3 Å². The molecule has 0 saturated carbocycles. The van der Waals surface area contributed by atoms with Gasteiger partial charge in [0.25, 0.3) is 0 Å². The third-order valence-electron chi connectivity index (χ3n) is 8.61. The smallest absolute Gasteiger partial charge is 0.0851 e. The van der Waals surface area contributed by atoms with Gasteiger partial charge in [0.1, 0.15) is 0 Å². The zero-order valence-corrected chi connectivity index (χ0v) is 22.1. The van der Waals surface area contributed by atoms with Gasteiger partial charge in [-0.1, -0.05) is 79.5 Å². The molecule has 1 N–H and O–H groups in total. The summed E-state index contributed by atoms with van der Waals surface area (Å²) in [5, 5.41) is 10.8. The van der Waals surface area contributed by atoms with Crippen molar-refractivity contribution in [3.8, 4) is 0 Å². The summed E-state index contributed by atoms with van der Waals surface area (Å²) >= 11 is 0. The van der Waals surface area contributed by atoms with Crippen LogP contribution < -0.4 is 0 Å². The highest BCUT2D eigenvalue weighted by atomic mass is 16.3. The Morgan fingerprint density at radius 3 is 2.34 bits per heavy atom. The first-order valence-electron chi connectivity index (χ1n) is 14.8. The minimum Gasteiger partial charge on any atom is -0.388 e. The van der Waals surface area contributed by atoms with Gasteiger partial charge in [0.05, 0.1) is 6.10 Å². The van der Waals surface area contributed by atoms with Crippen molar-refractivity contribution in [1.29, 1.82) is 0 Å². The van der Waals surface area contributed by atoms with Crippen LogP contribution in [0.25, 0.3) is 0 Å². The van der Waals surface area contributed by atoms with Crippen LogP contribution in [0, 0.1) is 17.8 Å². The summed E-state index contributed by atoms with van der Waals surface area (Å²) in [5.41, 5.74) is 1.63. The third-order valence-corrected chi connectivity index (χ3v) is 8.61. The number of hydrogen-bond acceptors (Lipinski definition) is 3. The minimum atomic E-state index is -0.382. The van der Waals surface area contributed by atoms with E-state index in [1.807, 2.05) is 6.08 Å². The SMILES string of the molecule is OC1C=CC=CCCCCCC[C@@H]2CN3CCC=CC=CCCCCC4=C[C@@H](CN(C4)C1)[C@@H]2CC3. The lowest BCUT2D eigenvalue weighted by Gasteiger charge is -2.45. The Kier molecular flexibility index (Phi) is 11.4. The average Bonchev–Trinajstić information content (AvgIpc) is 2.85. The van der Waals surface area contributed by atoms with E-state index in [2.05, 4.69) is 58.4 Å². The average molecular weight is 479 g/mol. The van der Waals surface area contributed by atoms with Gasteiger partial charge in [0.2, 0.25) is 0 Å². The molecular weight excluding hydrogens is 428 g/mol. The van der Waals surface area contributed by atoms with Crippen molar-refractivity contribution in [2.24, 2.45) is 17.8 Å². The van der Waals surface area contributed by atoms with E-state index < -0.39 is 0 Å². The van der Waals surface area contributed by atoms with E-state index in [0.29, 0.717) is 5.92 Å². The van der Waals surface area contributed by atoms with Crippen LogP contribution in [0.3, 0.4) is 0 Å². The summed E-state index contributed by atoms with van der Waals surface area (Å²) in [7, 11) is 0. The number of allylic oxidation sites excluding steroid dienone is 6. The van der Waals surface area contributed by atoms with Gasteiger partial charge in [0.15, 0.2) is 0 Å². The number of piperidine rings is 1. The first-order chi connectivity index (χ1) is 17.3. The van der Waals surface area contributed by atoms with Crippen molar-refractivity contribution in [3.05, 3.63) is 60.3 Å². The first kappa shape index (κ1) is 26.6. The fourth-order valence-corrected chi connectivity index (χ4v) is 6.75. The van der Waals surface area contributed by atoms with Crippen LogP contribution >= 0.6 is 0 Å². The van der Waals surface area contributed by atoms with Crippen LogP contribution in [-0.2, 0) is 0 Å². The van der Waals surface area contributed by atoms with Crippen LogP contribution in [-0.4, -0.2) is 60.3 Å². The third kappa shape index (κ3) is 9.19. The summed E-state index contributed by atoms with van der Waals surface area (Å²) in [6, 6.07) is 0. The van der Waals surface area contributed by atoms with E-state index in [-0.39, 0.29) is 6.10 Å². The molecule has 5 rings (SSSR count). The zero-order valence-electron chi connectivity index (χ0n) is 22.1. The predicted octanol–water partition coefficient (Wildman–Crippen LogP) is 6.69. The summed E-state index contributed by atoms with van der Waals surface area (Å²) in [6.45, 7) is 6.66. The van der Waals surface area contributed by atoms with E-state index in [1.54, 1.807) is 5.57 Å². The largest absolute Gasteiger partial charge is 0.388 e. The lowest BCUT2D eigenvalue weighted by atomic mass is 9.72. The predicted molar refractivity (Wildman–Crippen MR) is 149 cm³/mol. The second-order valence-electron chi connectivity index (χ2n) is 11.5. The molecule has 0 radical (unpaired) electrons. The molecule has 5 aliphatic heterocycles. The molecule has 0 amide bonds. The van der Waals surface area contributed by atoms with Gasteiger partial charge in [-0.25, -0.2) is 0 Å². The molecule has 1 saturated heterocycles. The molecule has 6 atom stereocenters. The van der Waals surface area contributed by atoms with Gasteiger partial charge in [-0.15, -0.1) is 0 Å². The van der Waals surface area contributed by atoms with Crippen molar-refractivity contribution < 1.29 is 5.11 Å². The number of hydrogen-bond donors (Lipinski definition) is 1. The molecule has 6 bridgehead atoms. The quantitative estimate of drug-likeness (QED) is 0.393. The van der Waals surface area contributed by atoms with Crippen molar-refractivity contribution in [1.82, 2.24) is 9.80 Å². The molecule has 0 aromatic heterocycles. The molecule has 3 nitrogen and oxygen atoms in total. The van der Waals surface area contributed by atoms with Gasteiger partial charge in [-0.05, 0) is 82.1 Å². The highest BCUT2D eigenvalue weighted by Crippen LogP contribution is 2.37. The molecule has 5 aliphatic rings. The number of fused-ring (bicyclic) bond motifs is 9. The fraction of sp³-hybridized carbons (Fsp3) is 0.688. The maximum absolute atomic E-state index is 10.8. The highest BCUT2D eigenvalue weighted by Gasteiger charge is 2.36. The molecule has 0 spiro atoms. The number of aliphatic hydroxyl groups is 1. The zero-order chi connectivity index (χ0) is 24.1. The van der Waals surface area contributed by atoms with Crippen LogP contribution in [0.5, 0.6) is 0 Å². The van der Waals surface area contributed by atoms with Gasteiger partial charge in [-0.2, -0.15) is 0 Å². The molecule has 194 valence electrons. The summed E-state index contributed by atoms with van der Waals surface area (Å²) < 4.78 is 0. The van der Waals surface area contributed by atoms with E-state index in [4.69, 9.17) is 0 Å². The molecule has 5 heterocycles. The number of aliphatic hydroxyl groups excluding tert-OH is 1. The van der Waals surface area contributed by atoms with Gasteiger partial charge >= 0.3 is 0 Å². The van der Waals surface area contributed by atoms with Gasteiger partial charge < -0.3 is 10.0 Å². The Hall–Kier alpha value is -1.42. The van der Waals surface area contributed by atoms with Gasteiger partial charge in [0, 0.05) is 32.7 Å². The molecule has 0 aliphatic carbocycles. The molecule has 0 aromatic carbocycles. The molecule has 3 unspecified atom stereocenters. The van der Waals surface area contributed by atoms with Crippen molar-refractivity contribution >= 4 is 0 Å². The summed E-state index contributed by atoms with van der Waals surface area (Å²) in [6.07, 6.45) is 35.4. The normalized spacial score (nSPS) is 36.1. The number of rotatable bonds is 0. The fourth-order valence-electron chi connectivity index (χ4n) is 6.75. The standard InChI is InChI=1S/C32H50N2O/c35-31-19-15-11-7-2-1-6-10-14-18-29-25-33-21-16-12-8-4-3-5-9-13-17-28-23-30(32(29)20-22-33)26-34(24-28)27-31/h3-4,7-8,11-12,15,19,23,29-32,35H,1-2,5-6,9-10,13-14,16-18,20-22,24-27H2/t29-,30+,31?,32-/m1/s1. The van der Waals surface area contributed by atoms with Crippen LogP contribution in [0.1, 0.15) is 77.0 Å². The summed E-state index contributed by atoms with van der Waals surface area (Å²) in [5.74, 6) is 2.25. The Morgan fingerprint density at radius 2 is 1.46 bits per heavy atom. The maximum Gasteiger partial charge on any atom is 0.0851 e. The Morgan fingerprint density at radius 1 is 0.686 bits per heavy atom. The molecule has 3 heteroatoms. The molecule has 0 aromatic rings. The van der Waals surface area contributed by atoms with E-state index in [1.165, 1.54) is 90.3 Å². The Bertz CT molecular complexity index is 764. The second kappa shape index (κ2) is 15.0. The molecular formula is C32H50N2O.